The van der Waals surface area contributed by atoms with Gasteiger partial charge in [0.2, 0.25) is 5.91 Å². The minimum absolute atomic E-state index is 0.163. The molecule has 2 aromatic rings. The third-order valence-corrected chi connectivity index (χ3v) is 6.67. The van der Waals surface area contributed by atoms with Crippen molar-refractivity contribution in [1.82, 2.24) is 4.90 Å². The summed E-state index contributed by atoms with van der Waals surface area (Å²) in [7, 11) is 0. The Labute approximate surface area is 201 Å². The van der Waals surface area contributed by atoms with E-state index < -0.39 is 12.1 Å². The number of carboxylic acid groups (broad SMARTS) is 1. The summed E-state index contributed by atoms with van der Waals surface area (Å²) in [6.45, 7) is 0.719. The number of unbranched alkanes of at least 4 members (excludes halogenated alkanes) is 3. The number of aliphatic carboxylic acids is 1. The molecular weight excluding hydrogens is 438 g/mol. The van der Waals surface area contributed by atoms with Crippen LogP contribution in [0.3, 0.4) is 0 Å². The highest BCUT2D eigenvalue weighted by atomic mass is 35.5. The van der Waals surface area contributed by atoms with Crippen molar-refractivity contribution in [2.75, 3.05) is 6.54 Å². The van der Waals surface area contributed by atoms with E-state index in [4.69, 9.17) is 16.7 Å². The zero-order valence-corrected chi connectivity index (χ0v) is 19.8. The monoisotopic (exact) mass is 471 g/mol. The molecule has 3 rings (SSSR count). The standard InChI is InChI=1S/C27H34ClNO4/c28-23-11-6-9-21(19-23)20-8-5-10-22(18-20)25(30)16-15-24-12-7-13-26(31)29(24)17-4-2-1-3-14-27(32)33/h5-6,8-11,18-19,24-25,30H,1-4,7,12-17H2,(H,32,33)/t24-,25-/m1/s1. The molecule has 2 atom stereocenters. The lowest BCUT2D eigenvalue weighted by atomic mass is 9.93. The van der Waals surface area contributed by atoms with Gasteiger partial charge in [-0.3, -0.25) is 9.59 Å². The Kier molecular flexibility index (Phi) is 9.76. The molecule has 1 fully saturated rings. The minimum atomic E-state index is -0.752. The largest absolute Gasteiger partial charge is 0.481 e. The van der Waals surface area contributed by atoms with Crippen molar-refractivity contribution in [3.05, 3.63) is 59.1 Å². The van der Waals surface area contributed by atoms with Gasteiger partial charge in [0.15, 0.2) is 0 Å². The Morgan fingerprint density at radius 3 is 2.55 bits per heavy atom. The zero-order chi connectivity index (χ0) is 23.6. The molecule has 0 saturated carbocycles. The molecule has 5 nitrogen and oxygen atoms in total. The molecule has 178 valence electrons. The maximum absolute atomic E-state index is 12.5. The van der Waals surface area contributed by atoms with E-state index in [9.17, 15) is 14.7 Å². The summed E-state index contributed by atoms with van der Waals surface area (Å²) < 4.78 is 0. The fraction of sp³-hybridized carbons (Fsp3) is 0.481. The molecule has 0 bridgehead atoms. The van der Waals surface area contributed by atoms with E-state index in [-0.39, 0.29) is 18.4 Å². The van der Waals surface area contributed by atoms with Crippen molar-refractivity contribution in [3.63, 3.8) is 0 Å². The van der Waals surface area contributed by atoms with Crippen molar-refractivity contribution < 1.29 is 19.8 Å². The molecular formula is C27H34ClNO4. The maximum Gasteiger partial charge on any atom is 0.303 e. The molecule has 2 aromatic carbocycles. The molecule has 1 saturated heterocycles. The number of nitrogens with zero attached hydrogens (tertiary/aromatic N) is 1. The van der Waals surface area contributed by atoms with Gasteiger partial charge in [-0.2, -0.15) is 0 Å². The number of rotatable bonds is 12. The number of amides is 1. The van der Waals surface area contributed by atoms with Crippen LogP contribution in [0.25, 0.3) is 11.1 Å². The van der Waals surface area contributed by atoms with Crippen LogP contribution < -0.4 is 0 Å². The van der Waals surface area contributed by atoms with Crippen LogP contribution in [0.5, 0.6) is 0 Å². The number of likely N-dealkylation sites (tertiary alicyclic amines) is 1. The Hall–Kier alpha value is -2.37. The van der Waals surface area contributed by atoms with Gasteiger partial charge in [-0.1, -0.05) is 54.8 Å². The van der Waals surface area contributed by atoms with Crippen LogP contribution in [-0.2, 0) is 9.59 Å². The van der Waals surface area contributed by atoms with Gasteiger partial charge in [-0.15, -0.1) is 0 Å². The number of carbonyl (C=O) groups excluding carboxylic acids is 1. The predicted molar refractivity (Wildman–Crippen MR) is 131 cm³/mol. The average molecular weight is 472 g/mol. The topological polar surface area (TPSA) is 77.8 Å². The van der Waals surface area contributed by atoms with E-state index in [0.717, 1.165) is 61.8 Å². The number of hydrogen-bond donors (Lipinski definition) is 2. The molecule has 0 radical (unpaired) electrons. The maximum atomic E-state index is 12.5. The molecule has 1 aliphatic rings. The quantitative estimate of drug-likeness (QED) is 0.359. The number of carbonyl (C=O) groups is 2. The second-order valence-corrected chi connectivity index (χ2v) is 9.36. The lowest BCUT2D eigenvalue weighted by molar-refractivity contribution is -0.137. The van der Waals surface area contributed by atoms with Gasteiger partial charge in [0, 0.05) is 30.5 Å². The van der Waals surface area contributed by atoms with Gasteiger partial charge in [0.05, 0.1) is 6.10 Å². The number of benzene rings is 2. The van der Waals surface area contributed by atoms with E-state index in [0.29, 0.717) is 24.3 Å². The number of hydrogen-bond acceptors (Lipinski definition) is 3. The smallest absolute Gasteiger partial charge is 0.303 e. The Morgan fingerprint density at radius 2 is 1.79 bits per heavy atom. The summed E-state index contributed by atoms with van der Waals surface area (Å²) in [6.07, 6.45) is 6.86. The van der Waals surface area contributed by atoms with E-state index in [2.05, 4.69) is 0 Å². The minimum Gasteiger partial charge on any atom is -0.481 e. The molecule has 0 aliphatic carbocycles. The van der Waals surface area contributed by atoms with Crippen molar-refractivity contribution in [3.8, 4) is 11.1 Å². The molecule has 1 aliphatic heterocycles. The van der Waals surface area contributed by atoms with Crippen molar-refractivity contribution in [2.45, 2.75) is 76.4 Å². The van der Waals surface area contributed by atoms with Gasteiger partial charge < -0.3 is 15.1 Å². The average Bonchev–Trinajstić information content (AvgIpc) is 2.80. The van der Waals surface area contributed by atoms with E-state index in [1.54, 1.807) is 0 Å². The van der Waals surface area contributed by atoms with Gasteiger partial charge in [0.25, 0.3) is 0 Å². The number of aliphatic hydroxyl groups excluding tert-OH is 1. The Morgan fingerprint density at radius 1 is 1.06 bits per heavy atom. The normalized spacial score (nSPS) is 17.2. The van der Waals surface area contributed by atoms with Crippen LogP contribution in [0.15, 0.2) is 48.5 Å². The van der Waals surface area contributed by atoms with Gasteiger partial charge in [-0.05, 0) is 73.4 Å². The van der Waals surface area contributed by atoms with Crippen molar-refractivity contribution >= 4 is 23.5 Å². The second-order valence-electron chi connectivity index (χ2n) is 8.92. The summed E-state index contributed by atoms with van der Waals surface area (Å²) in [5, 5.41) is 20.3. The van der Waals surface area contributed by atoms with Crippen molar-refractivity contribution in [2.24, 2.45) is 0 Å². The molecule has 0 spiro atoms. The third kappa shape index (κ3) is 7.86. The van der Waals surface area contributed by atoms with E-state index >= 15 is 0 Å². The first kappa shape index (κ1) is 25.3. The van der Waals surface area contributed by atoms with Crippen LogP contribution in [0.2, 0.25) is 5.02 Å². The van der Waals surface area contributed by atoms with E-state index in [1.807, 2.05) is 53.4 Å². The van der Waals surface area contributed by atoms with Gasteiger partial charge >= 0.3 is 5.97 Å². The summed E-state index contributed by atoms with van der Waals surface area (Å²) in [4.78, 5) is 25.1. The van der Waals surface area contributed by atoms with Crippen LogP contribution in [0, 0.1) is 0 Å². The first-order valence-electron chi connectivity index (χ1n) is 12.0. The first-order valence-corrected chi connectivity index (χ1v) is 12.4. The molecule has 2 N–H and O–H groups in total. The summed E-state index contributed by atoms with van der Waals surface area (Å²) in [5.41, 5.74) is 2.91. The second kappa shape index (κ2) is 12.8. The molecule has 0 aromatic heterocycles. The molecule has 33 heavy (non-hydrogen) atoms. The van der Waals surface area contributed by atoms with Crippen LogP contribution in [0.4, 0.5) is 0 Å². The fourth-order valence-electron chi connectivity index (χ4n) is 4.62. The van der Waals surface area contributed by atoms with Gasteiger partial charge in [-0.25, -0.2) is 0 Å². The SMILES string of the molecule is O=C(O)CCCCCCN1C(=O)CCC[C@@H]1CC[C@@H](O)c1cccc(-c2cccc(Cl)c2)c1. The van der Waals surface area contributed by atoms with Crippen LogP contribution >= 0.6 is 11.6 Å². The third-order valence-electron chi connectivity index (χ3n) is 6.43. The van der Waals surface area contributed by atoms with Crippen LogP contribution in [-0.4, -0.2) is 39.6 Å². The number of carboxylic acids is 1. The molecule has 1 amide bonds. The molecule has 0 unspecified atom stereocenters. The predicted octanol–water partition coefficient (Wildman–Crippen LogP) is 6.24. The molecule has 6 heteroatoms. The highest BCUT2D eigenvalue weighted by Gasteiger charge is 2.28. The highest BCUT2D eigenvalue weighted by molar-refractivity contribution is 6.30. The number of aliphatic hydroxyl groups is 1. The number of halogens is 1. The Bertz CT molecular complexity index is 932. The summed E-state index contributed by atoms with van der Waals surface area (Å²) >= 11 is 6.13. The fourth-order valence-corrected chi connectivity index (χ4v) is 4.81. The Balaban J connectivity index is 1.53. The van der Waals surface area contributed by atoms with Crippen LogP contribution in [0.1, 0.15) is 75.9 Å². The highest BCUT2D eigenvalue weighted by Crippen LogP contribution is 2.29. The molecule has 1 heterocycles. The zero-order valence-electron chi connectivity index (χ0n) is 19.1. The summed E-state index contributed by atoms with van der Waals surface area (Å²) in [6, 6.07) is 15.8. The number of piperidine rings is 1. The first-order chi connectivity index (χ1) is 15.9. The van der Waals surface area contributed by atoms with Gasteiger partial charge in [0.1, 0.15) is 0 Å². The lowest BCUT2D eigenvalue weighted by Crippen LogP contribution is -2.44. The van der Waals surface area contributed by atoms with E-state index in [1.165, 1.54) is 0 Å². The lowest BCUT2D eigenvalue weighted by Gasteiger charge is -2.36. The van der Waals surface area contributed by atoms with Crippen molar-refractivity contribution in [1.29, 1.82) is 0 Å². The summed E-state index contributed by atoms with van der Waals surface area (Å²) in [5.74, 6) is -0.549.